The van der Waals surface area contributed by atoms with Gasteiger partial charge >= 0.3 is 5.76 Å². The van der Waals surface area contributed by atoms with Crippen molar-refractivity contribution < 1.29 is 22.0 Å². The van der Waals surface area contributed by atoms with Gasteiger partial charge in [-0.25, -0.2) is 8.42 Å². The summed E-state index contributed by atoms with van der Waals surface area (Å²) in [5, 5.41) is 0. The van der Waals surface area contributed by atoms with Gasteiger partial charge in [0.15, 0.2) is 0 Å². The Morgan fingerprint density at radius 3 is 2.53 bits per heavy atom. The van der Waals surface area contributed by atoms with Gasteiger partial charge in [-0.15, -0.1) is 0 Å². The molecule has 88 valence electrons. The molecule has 0 bridgehead atoms. The van der Waals surface area contributed by atoms with Crippen LogP contribution in [0, 0.1) is 5.92 Å². The molecule has 1 saturated heterocycles. The van der Waals surface area contributed by atoms with Gasteiger partial charge in [0, 0.05) is 19.0 Å². The van der Waals surface area contributed by atoms with Gasteiger partial charge in [-0.05, 0) is 19.8 Å². The Bertz CT molecular complexity index is 342. The van der Waals surface area contributed by atoms with E-state index in [2.05, 4.69) is 0 Å². The summed E-state index contributed by atoms with van der Waals surface area (Å²) in [5.74, 6) is -3.99. The molecule has 1 unspecified atom stereocenters. The molecule has 0 amide bonds. The van der Waals surface area contributed by atoms with Crippen LogP contribution in [0.4, 0.5) is 8.78 Å². The highest BCUT2D eigenvalue weighted by Crippen LogP contribution is 2.22. The summed E-state index contributed by atoms with van der Waals surface area (Å²) in [4.78, 5) is 11.0. The van der Waals surface area contributed by atoms with Crippen molar-refractivity contribution in [2.24, 2.45) is 5.92 Å². The molecule has 0 saturated carbocycles. The molecule has 4 nitrogen and oxygen atoms in total. The van der Waals surface area contributed by atoms with E-state index in [9.17, 15) is 22.0 Å². The van der Waals surface area contributed by atoms with Crippen molar-refractivity contribution >= 4 is 15.8 Å². The maximum atomic E-state index is 12.2. The second-order valence-corrected chi connectivity index (χ2v) is 5.52. The predicted molar refractivity (Wildman–Crippen MR) is 49.9 cm³/mol. The standard InChI is InChI=1S/C8H13F2NO3S/c1-6(12)7-3-2-4-11(5-7)15(13,14)8(9)10/h7-8H,2-5H2,1H3. The van der Waals surface area contributed by atoms with E-state index in [1.54, 1.807) is 0 Å². The van der Waals surface area contributed by atoms with Crippen LogP contribution in [0.25, 0.3) is 0 Å². The second kappa shape index (κ2) is 4.52. The zero-order valence-electron chi connectivity index (χ0n) is 8.32. The third-order valence-electron chi connectivity index (χ3n) is 2.54. The minimum atomic E-state index is -4.52. The third-order valence-corrected chi connectivity index (χ3v) is 4.05. The van der Waals surface area contributed by atoms with E-state index in [0.29, 0.717) is 17.1 Å². The number of rotatable bonds is 3. The molecule has 0 N–H and O–H groups in total. The van der Waals surface area contributed by atoms with E-state index in [1.807, 2.05) is 0 Å². The van der Waals surface area contributed by atoms with E-state index < -0.39 is 21.7 Å². The summed E-state index contributed by atoms with van der Waals surface area (Å²) in [6.45, 7) is 1.32. The first-order chi connectivity index (χ1) is 6.85. The highest BCUT2D eigenvalue weighted by atomic mass is 32.2. The molecule has 1 fully saturated rings. The Kier molecular flexibility index (Phi) is 3.77. The lowest BCUT2D eigenvalue weighted by molar-refractivity contribution is -0.121. The van der Waals surface area contributed by atoms with E-state index in [0.717, 1.165) is 0 Å². The smallest absolute Gasteiger partial charge is 0.300 e. The molecule has 1 aliphatic heterocycles. The van der Waals surface area contributed by atoms with E-state index >= 15 is 0 Å². The van der Waals surface area contributed by atoms with Crippen LogP contribution in [0.3, 0.4) is 0 Å². The number of piperidine rings is 1. The van der Waals surface area contributed by atoms with Crippen LogP contribution in [0.15, 0.2) is 0 Å². The molecule has 1 atom stereocenters. The Balaban J connectivity index is 2.77. The molecule has 0 spiro atoms. The number of hydrogen-bond donors (Lipinski definition) is 0. The Hall–Kier alpha value is -0.560. The van der Waals surface area contributed by atoms with Crippen molar-refractivity contribution in [3.8, 4) is 0 Å². The van der Waals surface area contributed by atoms with Crippen LogP contribution >= 0.6 is 0 Å². The van der Waals surface area contributed by atoms with Crippen LogP contribution < -0.4 is 0 Å². The lowest BCUT2D eigenvalue weighted by atomic mass is 9.96. The predicted octanol–water partition coefficient (Wildman–Crippen LogP) is 0.840. The zero-order chi connectivity index (χ0) is 11.6. The second-order valence-electron chi connectivity index (χ2n) is 3.61. The average molecular weight is 241 g/mol. The van der Waals surface area contributed by atoms with E-state index in [4.69, 9.17) is 0 Å². The first kappa shape index (κ1) is 12.5. The molecule has 1 heterocycles. The molecule has 0 aromatic rings. The van der Waals surface area contributed by atoms with Gasteiger partial charge in [0.25, 0.3) is 10.0 Å². The summed E-state index contributed by atoms with van der Waals surface area (Å²) in [7, 11) is -4.52. The summed E-state index contributed by atoms with van der Waals surface area (Å²) in [5.41, 5.74) is 0. The van der Waals surface area contributed by atoms with Crippen LogP contribution in [-0.2, 0) is 14.8 Å². The first-order valence-corrected chi connectivity index (χ1v) is 6.13. The molecule has 0 radical (unpaired) electrons. The highest BCUT2D eigenvalue weighted by Gasteiger charge is 2.36. The average Bonchev–Trinajstić information content (AvgIpc) is 2.17. The number of hydrogen-bond acceptors (Lipinski definition) is 3. The molecule has 1 rings (SSSR count). The fourth-order valence-electron chi connectivity index (χ4n) is 1.62. The number of carbonyl (C=O) groups excluding carboxylic acids is 1. The van der Waals surface area contributed by atoms with Crippen molar-refractivity contribution in [2.75, 3.05) is 13.1 Å². The molecular formula is C8H13F2NO3S. The van der Waals surface area contributed by atoms with Gasteiger partial charge in [-0.3, -0.25) is 4.79 Å². The SMILES string of the molecule is CC(=O)C1CCCN(S(=O)(=O)C(F)F)C1. The largest absolute Gasteiger partial charge is 0.350 e. The normalized spacial score (nSPS) is 24.4. The quantitative estimate of drug-likeness (QED) is 0.735. The van der Waals surface area contributed by atoms with Gasteiger partial charge < -0.3 is 0 Å². The maximum absolute atomic E-state index is 12.2. The Morgan fingerprint density at radius 2 is 2.07 bits per heavy atom. The van der Waals surface area contributed by atoms with Crippen molar-refractivity contribution in [3.05, 3.63) is 0 Å². The van der Waals surface area contributed by atoms with E-state index in [1.165, 1.54) is 6.92 Å². The van der Waals surface area contributed by atoms with Crippen LogP contribution in [0.1, 0.15) is 19.8 Å². The van der Waals surface area contributed by atoms with Gasteiger partial charge in [0.1, 0.15) is 5.78 Å². The van der Waals surface area contributed by atoms with Crippen LogP contribution in [0.2, 0.25) is 0 Å². The van der Waals surface area contributed by atoms with Crippen LogP contribution in [-0.4, -0.2) is 37.4 Å². The number of halogens is 2. The zero-order valence-corrected chi connectivity index (χ0v) is 9.14. The summed E-state index contributed by atoms with van der Waals surface area (Å²) >= 11 is 0. The van der Waals surface area contributed by atoms with Crippen molar-refractivity contribution in [1.82, 2.24) is 4.31 Å². The molecule has 0 aliphatic carbocycles. The number of sulfonamides is 1. The molecule has 0 aromatic carbocycles. The third kappa shape index (κ3) is 2.72. The summed E-state index contributed by atoms with van der Waals surface area (Å²) in [6, 6.07) is 0. The topological polar surface area (TPSA) is 54.5 Å². The lowest BCUT2D eigenvalue weighted by Crippen LogP contribution is -2.44. The fourth-order valence-corrected chi connectivity index (χ4v) is 2.61. The molecule has 0 aromatic heterocycles. The fraction of sp³-hybridized carbons (Fsp3) is 0.875. The Labute approximate surface area is 87.3 Å². The van der Waals surface area contributed by atoms with Crippen LogP contribution in [0.5, 0.6) is 0 Å². The first-order valence-electron chi connectivity index (χ1n) is 4.63. The number of nitrogens with zero attached hydrogens (tertiary/aromatic N) is 1. The number of carbonyl (C=O) groups is 1. The van der Waals surface area contributed by atoms with Crippen molar-refractivity contribution in [3.63, 3.8) is 0 Å². The molecular weight excluding hydrogens is 228 g/mol. The molecule has 1 aliphatic rings. The van der Waals surface area contributed by atoms with Gasteiger partial charge in [0.2, 0.25) is 0 Å². The monoisotopic (exact) mass is 241 g/mol. The summed E-state index contributed by atoms with van der Waals surface area (Å²) < 4.78 is 47.4. The van der Waals surface area contributed by atoms with Crippen molar-refractivity contribution in [1.29, 1.82) is 0 Å². The summed E-state index contributed by atoms with van der Waals surface area (Å²) in [6.07, 6.45) is 1.03. The van der Waals surface area contributed by atoms with Gasteiger partial charge in [0.05, 0.1) is 0 Å². The van der Waals surface area contributed by atoms with Crippen molar-refractivity contribution in [2.45, 2.75) is 25.5 Å². The van der Waals surface area contributed by atoms with E-state index in [-0.39, 0.29) is 18.9 Å². The van der Waals surface area contributed by atoms with Gasteiger partial charge in [-0.2, -0.15) is 13.1 Å². The number of alkyl halides is 2. The van der Waals surface area contributed by atoms with Gasteiger partial charge in [-0.1, -0.05) is 0 Å². The number of Topliss-reactive ketones (excluding diaryl/α,β-unsaturated/α-hetero) is 1. The molecule has 15 heavy (non-hydrogen) atoms. The minimum absolute atomic E-state index is 0.0798. The Morgan fingerprint density at radius 1 is 1.47 bits per heavy atom. The molecule has 7 heteroatoms. The number of ketones is 1. The maximum Gasteiger partial charge on any atom is 0.350 e. The minimum Gasteiger partial charge on any atom is -0.300 e. The lowest BCUT2D eigenvalue weighted by Gasteiger charge is -2.30. The highest BCUT2D eigenvalue weighted by molar-refractivity contribution is 7.89.